The van der Waals surface area contributed by atoms with Crippen LogP contribution in [0.2, 0.25) is 0 Å². The van der Waals surface area contributed by atoms with Crippen molar-refractivity contribution in [3.8, 4) is 0 Å². The first-order valence-electron chi connectivity index (χ1n) is 7.05. The highest BCUT2D eigenvalue weighted by Gasteiger charge is 2.24. The number of rotatable bonds is 2. The molecule has 1 aromatic heterocycles. The zero-order chi connectivity index (χ0) is 14.8. The van der Waals surface area contributed by atoms with Crippen LogP contribution in [0.15, 0.2) is 23.1 Å². The lowest BCUT2D eigenvalue weighted by molar-refractivity contribution is 0.0591. The van der Waals surface area contributed by atoms with Gasteiger partial charge >= 0.3 is 0 Å². The Morgan fingerprint density at radius 3 is 2.35 bits per heavy atom. The van der Waals surface area contributed by atoms with Crippen molar-refractivity contribution in [1.82, 2.24) is 14.8 Å². The normalized spacial score (nSPS) is 17.2. The molecule has 2 rings (SSSR count). The van der Waals surface area contributed by atoms with E-state index in [0.717, 1.165) is 32.7 Å². The number of H-pyrrole nitrogens is 1. The molecule has 1 aliphatic rings. The van der Waals surface area contributed by atoms with E-state index in [4.69, 9.17) is 0 Å². The third-order valence-corrected chi connectivity index (χ3v) is 3.39. The Balaban J connectivity index is 1.92. The summed E-state index contributed by atoms with van der Waals surface area (Å²) in [7, 11) is 0. The lowest BCUT2D eigenvalue weighted by atomic mass is 9.96. The van der Waals surface area contributed by atoms with Gasteiger partial charge in [0.25, 0.3) is 5.91 Å². The predicted octanol–water partition coefficient (Wildman–Crippen LogP) is 1.18. The minimum Gasteiger partial charge on any atom is -0.336 e. The standard InChI is InChI=1S/C15H23N3O2/c1-15(2,3)11-17-6-8-18(9-7-17)14(20)12-4-5-13(19)16-10-12/h4-5,10H,6-9,11H2,1-3H3,(H,16,19). The molecule has 5 heteroatoms. The molecular weight excluding hydrogens is 254 g/mol. The molecule has 2 heterocycles. The number of carbonyl (C=O) groups is 1. The van der Waals surface area contributed by atoms with Gasteiger partial charge in [0.15, 0.2) is 0 Å². The Labute approximate surface area is 119 Å². The first-order chi connectivity index (χ1) is 9.35. The molecule has 1 aliphatic heterocycles. The maximum absolute atomic E-state index is 12.3. The lowest BCUT2D eigenvalue weighted by Crippen LogP contribution is -2.50. The summed E-state index contributed by atoms with van der Waals surface area (Å²) in [5.74, 6) is -0.00309. The van der Waals surface area contributed by atoms with Crippen LogP contribution in [0.25, 0.3) is 0 Å². The number of piperazine rings is 1. The summed E-state index contributed by atoms with van der Waals surface area (Å²) in [6, 6.07) is 2.98. The zero-order valence-corrected chi connectivity index (χ0v) is 12.5. The van der Waals surface area contributed by atoms with E-state index < -0.39 is 0 Å². The van der Waals surface area contributed by atoms with Crippen LogP contribution in [0.1, 0.15) is 31.1 Å². The van der Waals surface area contributed by atoms with E-state index in [0.29, 0.717) is 5.56 Å². The van der Waals surface area contributed by atoms with Crippen LogP contribution in [0.5, 0.6) is 0 Å². The van der Waals surface area contributed by atoms with E-state index in [1.807, 2.05) is 4.90 Å². The molecule has 0 aromatic carbocycles. The maximum atomic E-state index is 12.3. The highest BCUT2D eigenvalue weighted by atomic mass is 16.2. The maximum Gasteiger partial charge on any atom is 0.255 e. The third kappa shape index (κ3) is 3.93. The van der Waals surface area contributed by atoms with E-state index >= 15 is 0 Å². The first kappa shape index (κ1) is 14.8. The number of nitrogens with one attached hydrogen (secondary N) is 1. The van der Waals surface area contributed by atoms with Crippen LogP contribution >= 0.6 is 0 Å². The van der Waals surface area contributed by atoms with Crippen molar-refractivity contribution in [2.75, 3.05) is 32.7 Å². The zero-order valence-electron chi connectivity index (χ0n) is 12.5. The van der Waals surface area contributed by atoms with Crippen LogP contribution in [0, 0.1) is 5.41 Å². The molecule has 1 fully saturated rings. The predicted molar refractivity (Wildman–Crippen MR) is 78.9 cm³/mol. The van der Waals surface area contributed by atoms with E-state index in [-0.39, 0.29) is 16.9 Å². The second-order valence-corrected chi connectivity index (χ2v) is 6.57. The smallest absolute Gasteiger partial charge is 0.255 e. The summed E-state index contributed by atoms with van der Waals surface area (Å²) in [5, 5.41) is 0. The topological polar surface area (TPSA) is 56.4 Å². The number of aromatic amines is 1. The van der Waals surface area contributed by atoms with Gasteiger partial charge in [-0.25, -0.2) is 0 Å². The molecule has 1 saturated heterocycles. The number of aromatic nitrogens is 1. The fourth-order valence-electron chi connectivity index (χ4n) is 2.51. The molecule has 5 nitrogen and oxygen atoms in total. The molecule has 110 valence electrons. The number of hydrogen-bond acceptors (Lipinski definition) is 3. The Hall–Kier alpha value is -1.62. The highest BCUT2D eigenvalue weighted by Crippen LogP contribution is 2.17. The molecule has 0 saturated carbocycles. The van der Waals surface area contributed by atoms with Crippen LogP contribution in [-0.4, -0.2) is 53.4 Å². The SMILES string of the molecule is CC(C)(C)CN1CCN(C(=O)c2ccc(=O)[nH]c2)CC1. The molecule has 0 unspecified atom stereocenters. The van der Waals surface area contributed by atoms with Gasteiger partial charge in [0, 0.05) is 45.0 Å². The van der Waals surface area contributed by atoms with Crippen molar-refractivity contribution in [2.45, 2.75) is 20.8 Å². The van der Waals surface area contributed by atoms with Crippen LogP contribution in [-0.2, 0) is 0 Å². The Bertz CT molecular complexity index is 502. The second kappa shape index (κ2) is 5.79. The number of amides is 1. The fraction of sp³-hybridized carbons (Fsp3) is 0.600. The molecule has 0 spiro atoms. The number of carbonyl (C=O) groups excluding carboxylic acids is 1. The van der Waals surface area contributed by atoms with Gasteiger partial charge in [-0.05, 0) is 11.5 Å². The van der Waals surface area contributed by atoms with Crippen molar-refractivity contribution in [3.63, 3.8) is 0 Å². The molecular formula is C15H23N3O2. The van der Waals surface area contributed by atoms with E-state index in [1.165, 1.54) is 12.3 Å². The average Bonchev–Trinajstić information content (AvgIpc) is 2.38. The molecule has 1 N–H and O–H groups in total. The summed E-state index contributed by atoms with van der Waals surface area (Å²) >= 11 is 0. The number of nitrogens with zero attached hydrogens (tertiary/aromatic N) is 2. The van der Waals surface area contributed by atoms with Gasteiger partial charge in [0.2, 0.25) is 5.56 Å². The Kier molecular flexibility index (Phi) is 4.28. The summed E-state index contributed by atoms with van der Waals surface area (Å²) in [6.45, 7) is 11.0. The number of hydrogen-bond donors (Lipinski definition) is 1. The molecule has 20 heavy (non-hydrogen) atoms. The van der Waals surface area contributed by atoms with Gasteiger partial charge in [0.1, 0.15) is 0 Å². The van der Waals surface area contributed by atoms with Crippen LogP contribution in [0.3, 0.4) is 0 Å². The largest absolute Gasteiger partial charge is 0.336 e. The van der Waals surface area contributed by atoms with Crippen molar-refractivity contribution in [3.05, 3.63) is 34.2 Å². The molecule has 0 radical (unpaired) electrons. The molecule has 0 bridgehead atoms. The first-order valence-corrected chi connectivity index (χ1v) is 7.05. The van der Waals surface area contributed by atoms with Gasteiger partial charge in [-0.15, -0.1) is 0 Å². The molecule has 0 aliphatic carbocycles. The quantitative estimate of drug-likeness (QED) is 0.883. The summed E-state index contributed by atoms with van der Waals surface area (Å²) < 4.78 is 0. The second-order valence-electron chi connectivity index (χ2n) is 6.57. The van der Waals surface area contributed by atoms with Gasteiger partial charge in [-0.3, -0.25) is 14.5 Å². The van der Waals surface area contributed by atoms with Gasteiger partial charge in [0.05, 0.1) is 5.56 Å². The Morgan fingerprint density at radius 2 is 1.85 bits per heavy atom. The highest BCUT2D eigenvalue weighted by molar-refractivity contribution is 5.93. The van der Waals surface area contributed by atoms with Crippen molar-refractivity contribution < 1.29 is 4.79 Å². The summed E-state index contributed by atoms with van der Waals surface area (Å²) in [5.41, 5.74) is 0.649. The molecule has 0 atom stereocenters. The third-order valence-electron chi connectivity index (χ3n) is 3.39. The fourth-order valence-corrected chi connectivity index (χ4v) is 2.51. The van der Waals surface area contributed by atoms with Crippen LogP contribution in [0.4, 0.5) is 0 Å². The average molecular weight is 277 g/mol. The summed E-state index contributed by atoms with van der Waals surface area (Å²) in [6.07, 6.45) is 1.49. The molecule has 1 aromatic rings. The van der Waals surface area contributed by atoms with Gasteiger partial charge in [-0.2, -0.15) is 0 Å². The van der Waals surface area contributed by atoms with Gasteiger partial charge < -0.3 is 9.88 Å². The van der Waals surface area contributed by atoms with Crippen molar-refractivity contribution >= 4 is 5.91 Å². The van der Waals surface area contributed by atoms with Crippen molar-refractivity contribution in [2.24, 2.45) is 5.41 Å². The monoisotopic (exact) mass is 277 g/mol. The lowest BCUT2D eigenvalue weighted by Gasteiger charge is -2.37. The van der Waals surface area contributed by atoms with E-state index in [1.54, 1.807) is 6.07 Å². The van der Waals surface area contributed by atoms with E-state index in [9.17, 15) is 9.59 Å². The van der Waals surface area contributed by atoms with E-state index in [2.05, 4.69) is 30.7 Å². The van der Waals surface area contributed by atoms with Crippen LogP contribution < -0.4 is 5.56 Å². The minimum absolute atomic E-state index is 0.00309. The van der Waals surface area contributed by atoms with Crippen molar-refractivity contribution in [1.29, 1.82) is 0 Å². The Morgan fingerprint density at radius 1 is 1.20 bits per heavy atom. The minimum atomic E-state index is -0.184. The number of pyridine rings is 1. The summed E-state index contributed by atoms with van der Waals surface area (Å²) in [4.78, 5) is 30.1. The van der Waals surface area contributed by atoms with Gasteiger partial charge in [-0.1, -0.05) is 20.8 Å². The molecule has 1 amide bonds.